The average Bonchev–Trinajstić information content (AvgIpc) is 3.20. The molecule has 0 unspecified atom stereocenters. The Kier molecular flexibility index (Phi) is 5.18. The number of amides is 2. The van der Waals surface area contributed by atoms with Gasteiger partial charge in [0, 0.05) is 25.2 Å². The van der Waals surface area contributed by atoms with Gasteiger partial charge in [-0.3, -0.25) is 10.1 Å². The van der Waals surface area contributed by atoms with Gasteiger partial charge in [-0.1, -0.05) is 24.3 Å². The van der Waals surface area contributed by atoms with Crippen molar-refractivity contribution in [1.29, 1.82) is 0 Å². The summed E-state index contributed by atoms with van der Waals surface area (Å²) in [7, 11) is 0. The summed E-state index contributed by atoms with van der Waals surface area (Å²) < 4.78 is 1.64. The smallest absolute Gasteiger partial charge is 0.315 e. The van der Waals surface area contributed by atoms with Crippen LogP contribution >= 0.6 is 0 Å². The van der Waals surface area contributed by atoms with Crippen LogP contribution in [-0.2, 0) is 13.1 Å². The second-order valence-corrected chi connectivity index (χ2v) is 5.47. The van der Waals surface area contributed by atoms with Crippen molar-refractivity contribution < 1.29 is 9.72 Å². The number of hydrogen-bond acceptors (Lipinski definition) is 5. The minimum atomic E-state index is -0.466. The molecule has 0 aliphatic heterocycles. The molecule has 3 rings (SSSR count). The molecule has 0 radical (unpaired) electrons. The summed E-state index contributed by atoms with van der Waals surface area (Å²) in [6.45, 7) is 0.567. The van der Waals surface area contributed by atoms with Crippen molar-refractivity contribution in [3.05, 3.63) is 82.4 Å². The number of benzene rings is 2. The Hall–Kier alpha value is -3.75. The normalized spacial score (nSPS) is 10.3. The molecule has 0 saturated heterocycles. The summed E-state index contributed by atoms with van der Waals surface area (Å²) in [6, 6.07) is 13.3. The number of carbonyl (C=O) groups is 1. The number of non-ortho nitro benzene ring substituents is 1. The Bertz CT molecular complexity index is 893. The minimum absolute atomic E-state index is 0.00261. The highest BCUT2D eigenvalue weighted by atomic mass is 16.6. The van der Waals surface area contributed by atoms with Gasteiger partial charge in [0.15, 0.2) is 0 Å². The van der Waals surface area contributed by atoms with Crippen LogP contribution in [-0.4, -0.2) is 25.7 Å². The van der Waals surface area contributed by atoms with E-state index >= 15 is 0 Å². The number of urea groups is 1. The fourth-order valence-corrected chi connectivity index (χ4v) is 2.32. The van der Waals surface area contributed by atoms with Crippen LogP contribution in [0.25, 0.3) is 5.69 Å². The highest BCUT2D eigenvalue weighted by Crippen LogP contribution is 2.12. The molecule has 2 N–H and O–H groups in total. The highest BCUT2D eigenvalue weighted by Gasteiger charge is 2.07. The number of aromatic nitrogens is 3. The number of nitrogens with zero attached hydrogens (tertiary/aromatic N) is 4. The lowest BCUT2D eigenvalue weighted by molar-refractivity contribution is -0.384. The monoisotopic (exact) mass is 352 g/mol. The van der Waals surface area contributed by atoms with E-state index in [0.29, 0.717) is 12.1 Å². The van der Waals surface area contributed by atoms with Gasteiger partial charge in [-0.05, 0) is 23.3 Å². The lowest BCUT2D eigenvalue weighted by Gasteiger charge is -2.08. The zero-order chi connectivity index (χ0) is 18.4. The summed E-state index contributed by atoms with van der Waals surface area (Å²) in [5.74, 6) is 0. The van der Waals surface area contributed by atoms with Gasteiger partial charge < -0.3 is 10.6 Å². The lowest BCUT2D eigenvalue weighted by atomic mass is 10.2. The van der Waals surface area contributed by atoms with Crippen molar-refractivity contribution in [3.8, 4) is 5.69 Å². The van der Waals surface area contributed by atoms with E-state index in [1.54, 1.807) is 23.1 Å². The third-order valence-electron chi connectivity index (χ3n) is 3.65. The van der Waals surface area contributed by atoms with E-state index in [2.05, 4.69) is 20.7 Å². The maximum atomic E-state index is 11.9. The van der Waals surface area contributed by atoms with Crippen molar-refractivity contribution in [2.75, 3.05) is 0 Å². The molecule has 26 heavy (non-hydrogen) atoms. The van der Waals surface area contributed by atoms with Gasteiger partial charge >= 0.3 is 6.03 Å². The maximum Gasteiger partial charge on any atom is 0.315 e. The predicted molar refractivity (Wildman–Crippen MR) is 93.5 cm³/mol. The topological polar surface area (TPSA) is 115 Å². The Balaban J connectivity index is 1.48. The number of carbonyl (C=O) groups excluding carboxylic acids is 1. The summed E-state index contributed by atoms with van der Waals surface area (Å²) in [4.78, 5) is 26.1. The summed E-state index contributed by atoms with van der Waals surface area (Å²) in [5, 5.41) is 20.2. The quantitative estimate of drug-likeness (QED) is 0.521. The number of nitrogens with one attached hydrogen (secondary N) is 2. The molecule has 132 valence electrons. The van der Waals surface area contributed by atoms with Crippen molar-refractivity contribution >= 4 is 11.7 Å². The third kappa shape index (κ3) is 4.41. The Morgan fingerprint density at radius 2 is 1.81 bits per heavy atom. The molecule has 1 heterocycles. The van der Waals surface area contributed by atoms with Crippen LogP contribution in [0, 0.1) is 10.1 Å². The molecule has 0 spiro atoms. The zero-order valence-corrected chi connectivity index (χ0v) is 13.7. The van der Waals surface area contributed by atoms with E-state index < -0.39 is 4.92 Å². The van der Waals surface area contributed by atoms with Crippen molar-refractivity contribution in [1.82, 2.24) is 25.4 Å². The van der Waals surface area contributed by atoms with Crippen LogP contribution in [0.3, 0.4) is 0 Å². The van der Waals surface area contributed by atoms with Gasteiger partial charge in [-0.2, -0.15) is 5.10 Å². The second kappa shape index (κ2) is 7.88. The van der Waals surface area contributed by atoms with Gasteiger partial charge in [0.05, 0.1) is 10.6 Å². The Labute approximate surface area is 148 Å². The van der Waals surface area contributed by atoms with Crippen LogP contribution in [0.1, 0.15) is 11.1 Å². The molecule has 0 bridgehead atoms. The molecular formula is C17H16N6O3. The van der Waals surface area contributed by atoms with Crippen molar-refractivity contribution in [2.24, 2.45) is 0 Å². The van der Waals surface area contributed by atoms with E-state index in [1.807, 2.05) is 24.3 Å². The SMILES string of the molecule is O=C(NCc1ccc(-n2cncn2)cc1)NCc1cccc([N+](=O)[O-])c1. The van der Waals surface area contributed by atoms with Crippen molar-refractivity contribution in [2.45, 2.75) is 13.1 Å². The summed E-state index contributed by atoms with van der Waals surface area (Å²) in [5.41, 5.74) is 2.46. The van der Waals surface area contributed by atoms with Gasteiger partial charge in [0.25, 0.3) is 5.69 Å². The maximum absolute atomic E-state index is 11.9. The molecular weight excluding hydrogens is 336 g/mol. The second-order valence-electron chi connectivity index (χ2n) is 5.47. The van der Waals surface area contributed by atoms with Crippen LogP contribution in [0.2, 0.25) is 0 Å². The Morgan fingerprint density at radius 3 is 2.46 bits per heavy atom. The van der Waals surface area contributed by atoms with Crippen LogP contribution < -0.4 is 10.6 Å². The number of nitro benzene ring substituents is 1. The number of nitro groups is 1. The van der Waals surface area contributed by atoms with Gasteiger partial charge in [-0.15, -0.1) is 0 Å². The first-order valence-electron chi connectivity index (χ1n) is 7.81. The standard InChI is InChI=1S/C17H16N6O3/c24-17(20-10-14-2-1-3-16(8-14)23(25)26)19-9-13-4-6-15(7-5-13)22-12-18-11-21-22/h1-8,11-12H,9-10H2,(H2,19,20,24). The van der Waals surface area contributed by atoms with Gasteiger partial charge in [0.1, 0.15) is 12.7 Å². The third-order valence-corrected chi connectivity index (χ3v) is 3.65. The van der Waals surface area contributed by atoms with Crippen LogP contribution in [0.5, 0.6) is 0 Å². The highest BCUT2D eigenvalue weighted by molar-refractivity contribution is 5.73. The van der Waals surface area contributed by atoms with E-state index in [9.17, 15) is 14.9 Å². The molecule has 0 aliphatic carbocycles. The fraction of sp³-hybridized carbons (Fsp3) is 0.118. The van der Waals surface area contributed by atoms with E-state index in [-0.39, 0.29) is 18.3 Å². The van der Waals surface area contributed by atoms with Crippen LogP contribution in [0.4, 0.5) is 10.5 Å². The molecule has 0 fully saturated rings. The summed E-state index contributed by atoms with van der Waals surface area (Å²) in [6.07, 6.45) is 3.07. The van der Waals surface area contributed by atoms with E-state index in [1.165, 1.54) is 18.5 Å². The van der Waals surface area contributed by atoms with Gasteiger partial charge in [-0.25, -0.2) is 14.5 Å². The first kappa shape index (κ1) is 17.1. The zero-order valence-electron chi connectivity index (χ0n) is 13.7. The molecule has 2 amide bonds. The van der Waals surface area contributed by atoms with E-state index in [0.717, 1.165) is 11.3 Å². The Morgan fingerprint density at radius 1 is 1.08 bits per heavy atom. The molecule has 3 aromatic rings. The molecule has 2 aromatic carbocycles. The molecule has 0 aliphatic rings. The molecule has 0 atom stereocenters. The van der Waals surface area contributed by atoms with E-state index in [4.69, 9.17) is 0 Å². The fourth-order valence-electron chi connectivity index (χ4n) is 2.32. The largest absolute Gasteiger partial charge is 0.334 e. The minimum Gasteiger partial charge on any atom is -0.334 e. The number of rotatable bonds is 6. The first-order chi connectivity index (χ1) is 12.6. The van der Waals surface area contributed by atoms with Crippen LogP contribution in [0.15, 0.2) is 61.2 Å². The van der Waals surface area contributed by atoms with Gasteiger partial charge in [0.2, 0.25) is 0 Å². The molecule has 9 nitrogen and oxygen atoms in total. The first-order valence-corrected chi connectivity index (χ1v) is 7.81. The molecule has 1 aromatic heterocycles. The number of hydrogen-bond donors (Lipinski definition) is 2. The average molecular weight is 352 g/mol. The summed E-state index contributed by atoms with van der Waals surface area (Å²) >= 11 is 0. The molecule has 0 saturated carbocycles. The molecule has 9 heteroatoms. The predicted octanol–water partition coefficient (Wildman–Crippen LogP) is 2.17. The van der Waals surface area contributed by atoms with Crippen molar-refractivity contribution in [3.63, 3.8) is 0 Å². The lowest BCUT2D eigenvalue weighted by Crippen LogP contribution is -2.34.